The molecule has 0 bridgehead atoms. The molecule has 0 radical (unpaired) electrons. The Morgan fingerprint density at radius 2 is 1.72 bits per heavy atom. The fourth-order valence-electron chi connectivity index (χ4n) is 2.96. The summed E-state index contributed by atoms with van der Waals surface area (Å²) in [5.74, 6) is 0.00271. The van der Waals surface area contributed by atoms with Gasteiger partial charge in [-0.15, -0.1) is 12.4 Å². The predicted octanol–water partition coefficient (Wildman–Crippen LogP) is 2.81. The summed E-state index contributed by atoms with van der Waals surface area (Å²) in [7, 11) is 0. The first-order valence-electron chi connectivity index (χ1n) is 8.25. The van der Waals surface area contributed by atoms with Gasteiger partial charge in [-0.3, -0.25) is 9.59 Å². The van der Waals surface area contributed by atoms with Crippen molar-refractivity contribution in [3.8, 4) is 0 Å². The lowest BCUT2D eigenvalue weighted by Gasteiger charge is -2.47. The van der Waals surface area contributed by atoms with Crippen LogP contribution >= 0.6 is 24.0 Å². The number of amides is 2. The maximum Gasteiger partial charge on any atom is 0.254 e. The molecule has 25 heavy (non-hydrogen) atoms. The Morgan fingerprint density at radius 1 is 1.16 bits per heavy atom. The van der Waals surface area contributed by atoms with E-state index in [1.807, 2.05) is 32.6 Å². The fourth-order valence-corrected chi connectivity index (χ4v) is 3.09. The predicted molar refractivity (Wildman–Crippen MR) is 103 cm³/mol. The molecule has 1 fully saturated rings. The molecule has 1 saturated heterocycles. The summed E-state index contributed by atoms with van der Waals surface area (Å²) in [5, 5.41) is 0.601. The van der Waals surface area contributed by atoms with Crippen molar-refractivity contribution in [2.45, 2.75) is 39.3 Å². The minimum absolute atomic E-state index is 0. The van der Waals surface area contributed by atoms with E-state index in [-0.39, 0.29) is 30.1 Å². The third kappa shape index (κ3) is 4.87. The monoisotopic (exact) mass is 387 g/mol. The van der Waals surface area contributed by atoms with Crippen molar-refractivity contribution in [2.75, 3.05) is 19.6 Å². The lowest BCUT2D eigenvalue weighted by molar-refractivity contribution is -0.137. The molecule has 0 unspecified atom stereocenters. The van der Waals surface area contributed by atoms with Crippen molar-refractivity contribution >= 4 is 35.8 Å². The number of benzene rings is 1. The highest BCUT2D eigenvalue weighted by atomic mass is 35.5. The molecule has 2 amide bonds. The van der Waals surface area contributed by atoms with E-state index in [1.165, 1.54) is 0 Å². The van der Waals surface area contributed by atoms with E-state index in [9.17, 15) is 9.59 Å². The smallest absolute Gasteiger partial charge is 0.254 e. The number of halogens is 2. The van der Waals surface area contributed by atoms with Gasteiger partial charge in [0.1, 0.15) is 0 Å². The summed E-state index contributed by atoms with van der Waals surface area (Å²) in [6, 6.07) is 6.38. The Balaban J connectivity index is 0.00000312. The topological polar surface area (TPSA) is 66.6 Å². The second-order valence-electron chi connectivity index (χ2n) is 7.31. The highest BCUT2D eigenvalue weighted by molar-refractivity contribution is 6.30. The SMILES string of the molecule is CC(C)[C@H](N)C(=O)N1CCN(C(=O)c2ccc(Cl)cc2)C(C)(C)C1.Cl. The van der Waals surface area contributed by atoms with E-state index in [4.69, 9.17) is 17.3 Å². The summed E-state index contributed by atoms with van der Waals surface area (Å²) in [5.41, 5.74) is 6.14. The van der Waals surface area contributed by atoms with Crippen molar-refractivity contribution in [3.05, 3.63) is 34.9 Å². The molecule has 0 aromatic heterocycles. The van der Waals surface area contributed by atoms with Crippen molar-refractivity contribution in [1.82, 2.24) is 9.80 Å². The summed E-state index contributed by atoms with van der Waals surface area (Å²) < 4.78 is 0. The number of piperazine rings is 1. The highest BCUT2D eigenvalue weighted by Crippen LogP contribution is 2.24. The van der Waals surface area contributed by atoms with Gasteiger partial charge in [0.15, 0.2) is 0 Å². The zero-order valence-electron chi connectivity index (χ0n) is 15.2. The van der Waals surface area contributed by atoms with Crippen LogP contribution in [0.5, 0.6) is 0 Å². The van der Waals surface area contributed by atoms with E-state index in [0.29, 0.717) is 30.2 Å². The molecule has 1 atom stereocenters. The van der Waals surface area contributed by atoms with Crippen molar-refractivity contribution in [2.24, 2.45) is 11.7 Å². The lowest BCUT2D eigenvalue weighted by atomic mass is 9.95. The van der Waals surface area contributed by atoms with Crippen LogP contribution in [0.1, 0.15) is 38.1 Å². The van der Waals surface area contributed by atoms with Crippen LogP contribution in [0.25, 0.3) is 0 Å². The second-order valence-corrected chi connectivity index (χ2v) is 7.74. The molecule has 0 spiro atoms. The molecule has 7 heteroatoms. The van der Waals surface area contributed by atoms with E-state index in [0.717, 1.165) is 0 Å². The molecule has 140 valence electrons. The Kier molecular flexibility index (Phi) is 7.29. The van der Waals surface area contributed by atoms with E-state index >= 15 is 0 Å². The van der Waals surface area contributed by atoms with Gasteiger partial charge in [-0.1, -0.05) is 25.4 Å². The molecule has 0 aliphatic carbocycles. The van der Waals surface area contributed by atoms with Crippen molar-refractivity contribution in [3.63, 3.8) is 0 Å². The van der Waals surface area contributed by atoms with Gasteiger partial charge < -0.3 is 15.5 Å². The van der Waals surface area contributed by atoms with Gasteiger partial charge in [0, 0.05) is 30.2 Å². The van der Waals surface area contributed by atoms with Gasteiger partial charge >= 0.3 is 0 Å². The second kappa shape index (κ2) is 8.39. The quantitative estimate of drug-likeness (QED) is 0.866. The third-order valence-electron chi connectivity index (χ3n) is 4.55. The van der Waals surface area contributed by atoms with Crippen LogP contribution < -0.4 is 5.73 Å². The Bertz CT molecular complexity index is 617. The van der Waals surface area contributed by atoms with Gasteiger partial charge in [-0.25, -0.2) is 0 Å². The van der Waals surface area contributed by atoms with Gasteiger partial charge in [0.25, 0.3) is 5.91 Å². The zero-order chi connectivity index (χ0) is 18.1. The largest absolute Gasteiger partial charge is 0.337 e. The summed E-state index contributed by atoms with van der Waals surface area (Å²) >= 11 is 5.89. The third-order valence-corrected chi connectivity index (χ3v) is 4.81. The van der Waals surface area contributed by atoms with Crippen molar-refractivity contribution < 1.29 is 9.59 Å². The zero-order valence-corrected chi connectivity index (χ0v) is 16.7. The minimum atomic E-state index is -0.501. The number of hydrogen-bond donors (Lipinski definition) is 1. The number of carbonyl (C=O) groups is 2. The fraction of sp³-hybridized carbons (Fsp3) is 0.556. The molecule has 5 nitrogen and oxygen atoms in total. The summed E-state index contributed by atoms with van der Waals surface area (Å²) in [6.45, 7) is 9.29. The number of nitrogens with zero attached hydrogens (tertiary/aromatic N) is 2. The van der Waals surface area contributed by atoms with E-state index < -0.39 is 11.6 Å². The molecule has 1 heterocycles. The first-order valence-corrected chi connectivity index (χ1v) is 8.63. The lowest BCUT2D eigenvalue weighted by Crippen LogP contribution is -2.64. The van der Waals surface area contributed by atoms with Gasteiger partial charge in [0.2, 0.25) is 5.91 Å². The highest BCUT2D eigenvalue weighted by Gasteiger charge is 2.39. The Labute approximate surface area is 160 Å². The first kappa shape index (κ1) is 21.7. The van der Waals surface area contributed by atoms with Crippen molar-refractivity contribution in [1.29, 1.82) is 0 Å². The number of carbonyl (C=O) groups excluding carboxylic acids is 2. The molecule has 2 N–H and O–H groups in total. The normalized spacial score (nSPS) is 17.9. The maximum atomic E-state index is 12.8. The Morgan fingerprint density at radius 3 is 2.20 bits per heavy atom. The van der Waals surface area contributed by atoms with Crippen LogP contribution in [0.15, 0.2) is 24.3 Å². The van der Waals surface area contributed by atoms with Crippen LogP contribution in [-0.4, -0.2) is 52.8 Å². The molecule has 1 aliphatic rings. The number of rotatable bonds is 3. The van der Waals surface area contributed by atoms with Crippen LogP contribution in [0.2, 0.25) is 5.02 Å². The van der Waals surface area contributed by atoms with Crippen LogP contribution in [0.4, 0.5) is 0 Å². The summed E-state index contributed by atoms with van der Waals surface area (Å²) in [6.07, 6.45) is 0. The average molecular weight is 388 g/mol. The molecule has 0 saturated carbocycles. The maximum absolute atomic E-state index is 12.8. The van der Waals surface area contributed by atoms with Gasteiger partial charge in [-0.05, 0) is 44.0 Å². The standard InChI is InChI=1S/C18H26ClN3O2.ClH/c1-12(2)15(20)17(24)21-9-10-22(18(3,4)11-21)16(23)13-5-7-14(19)8-6-13;/h5-8,12,15H,9-11,20H2,1-4H3;1H/t15-;/m0./s1. The van der Waals surface area contributed by atoms with Gasteiger partial charge in [0.05, 0.1) is 11.6 Å². The van der Waals surface area contributed by atoms with Crippen LogP contribution in [0.3, 0.4) is 0 Å². The molecule has 1 aromatic carbocycles. The van der Waals surface area contributed by atoms with Crippen LogP contribution in [0, 0.1) is 5.92 Å². The van der Waals surface area contributed by atoms with E-state index in [1.54, 1.807) is 29.2 Å². The van der Waals surface area contributed by atoms with Gasteiger partial charge in [-0.2, -0.15) is 0 Å². The Hall–Kier alpha value is -1.30. The molecular weight excluding hydrogens is 361 g/mol. The molecule has 1 aromatic rings. The van der Waals surface area contributed by atoms with Crippen LogP contribution in [-0.2, 0) is 4.79 Å². The molecule has 1 aliphatic heterocycles. The average Bonchev–Trinajstić information content (AvgIpc) is 2.52. The first-order chi connectivity index (χ1) is 11.1. The number of hydrogen-bond acceptors (Lipinski definition) is 3. The summed E-state index contributed by atoms with van der Waals surface area (Å²) in [4.78, 5) is 28.9. The molecular formula is C18H27Cl2N3O2. The molecule has 2 rings (SSSR count). The minimum Gasteiger partial charge on any atom is -0.337 e. The van der Waals surface area contributed by atoms with E-state index in [2.05, 4.69) is 0 Å². The number of nitrogens with two attached hydrogens (primary N) is 1.